The molecule has 7 rings (SSSR count). The lowest BCUT2D eigenvalue weighted by atomic mass is 9.96. The highest BCUT2D eigenvalue weighted by molar-refractivity contribution is 5.95. The molecule has 1 aliphatic heterocycles. The van der Waals surface area contributed by atoms with Crippen LogP contribution in [0.2, 0.25) is 0 Å². The van der Waals surface area contributed by atoms with Gasteiger partial charge in [0.1, 0.15) is 30.2 Å². The Morgan fingerprint density at radius 3 is 1.62 bits per heavy atom. The van der Waals surface area contributed by atoms with E-state index in [4.69, 9.17) is 28.4 Å². The molecule has 2 heterocycles. The Labute approximate surface area is 336 Å². The van der Waals surface area contributed by atoms with Crippen LogP contribution in [0.3, 0.4) is 0 Å². The van der Waals surface area contributed by atoms with Crippen molar-refractivity contribution in [3.05, 3.63) is 206 Å². The van der Waals surface area contributed by atoms with E-state index in [1.54, 1.807) is 44.4 Å². The van der Waals surface area contributed by atoms with Crippen molar-refractivity contribution in [2.75, 3.05) is 13.7 Å². The highest BCUT2D eigenvalue weighted by Gasteiger charge is 2.50. The molecule has 0 unspecified atom stereocenters. The highest BCUT2D eigenvalue weighted by Crippen LogP contribution is 2.35. The van der Waals surface area contributed by atoms with Crippen LogP contribution in [-0.4, -0.2) is 53.2 Å². The smallest absolute Gasteiger partial charge is 0.340 e. The van der Waals surface area contributed by atoms with Gasteiger partial charge in [0, 0.05) is 17.3 Å². The maximum atomic E-state index is 14.6. The Hall–Kier alpha value is -5.95. The summed E-state index contributed by atoms with van der Waals surface area (Å²) in [5, 5.41) is 0. The van der Waals surface area contributed by atoms with Crippen LogP contribution in [0.4, 0.5) is 0 Å². The summed E-state index contributed by atoms with van der Waals surface area (Å²) in [4.78, 5) is 42.0. The van der Waals surface area contributed by atoms with E-state index in [0.29, 0.717) is 4.57 Å². The van der Waals surface area contributed by atoms with E-state index >= 15 is 0 Å². The quantitative estimate of drug-likeness (QED) is 0.104. The Balaban J connectivity index is 1.32. The van der Waals surface area contributed by atoms with Crippen molar-refractivity contribution in [1.82, 2.24) is 9.13 Å². The van der Waals surface area contributed by atoms with Crippen molar-refractivity contribution in [3.63, 3.8) is 0 Å². The Kier molecular flexibility index (Phi) is 13.5. The van der Waals surface area contributed by atoms with Gasteiger partial charge in [-0.3, -0.25) is 14.2 Å². The fraction of sp³-hybridized carbons (Fsp3) is 0.255. The number of methoxy groups -OCH3 is 1. The number of ether oxygens (including phenoxy) is 6. The fourth-order valence-corrected chi connectivity index (χ4v) is 6.91. The van der Waals surface area contributed by atoms with Crippen LogP contribution in [-0.2, 0) is 50.1 Å². The van der Waals surface area contributed by atoms with E-state index < -0.39 is 47.8 Å². The molecule has 11 nitrogen and oxygen atoms in total. The molecular formula is C47H46N2O9. The van der Waals surface area contributed by atoms with Crippen LogP contribution in [0.5, 0.6) is 5.75 Å². The first-order valence-corrected chi connectivity index (χ1v) is 19.2. The largest absolute Gasteiger partial charge is 0.497 e. The molecule has 0 N–H and O–H groups in total. The first-order valence-electron chi connectivity index (χ1n) is 19.2. The standard InChI is InChI=1S/C47H46N2O9/c1-33-27-48(47(52)49(44(33)50)45(51)38-21-13-6-14-22-38)46-43(57-31-36-19-11-5-12-20-36)42(56-30-35-17-9-4-10-18-35)41(55-29-34-15-7-3-8-16-34)40(58-46)32-54-28-37-23-25-39(53-2)26-24-37/h3-27,40-43,46H,28-32H2,1-2H3/t40-,41-,42+,43-,46-/m1/s1. The predicted molar refractivity (Wildman–Crippen MR) is 217 cm³/mol. The second-order valence-electron chi connectivity index (χ2n) is 14.0. The number of carbonyl (C=O) groups is 1. The summed E-state index contributed by atoms with van der Waals surface area (Å²) in [7, 11) is 1.61. The van der Waals surface area contributed by atoms with Crippen LogP contribution in [0.25, 0.3) is 0 Å². The van der Waals surface area contributed by atoms with Crippen molar-refractivity contribution in [2.45, 2.75) is 64.0 Å². The number of nitrogens with zero attached hydrogens (tertiary/aromatic N) is 2. The van der Waals surface area contributed by atoms with E-state index in [2.05, 4.69) is 0 Å². The third-order valence-corrected chi connectivity index (χ3v) is 9.96. The van der Waals surface area contributed by atoms with Crippen molar-refractivity contribution >= 4 is 5.91 Å². The van der Waals surface area contributed by atoms with Crippen molar-refractivity contribution in [2.24, 2.45) is 0 Å². The molecule has 1 saturated heterocycles. The summed E-state index contributed by atoms with van der Waals surface area (Å²) in [6.07, 6.45) is -3.21. The van der Waals surface area contributed by atoms with E-state index in [9.17, 15) is 14.4 Å². The van der Waals surface area contributed by atoms with E-state index in [-0.39, 0.29) is 44.2 Å². The zero-order valence-electron chi connectivity index (χ0n) is 32.4. The summed E-state index contributed by atoms with van der Waals surface area (Å²) in [5.41, 5.74) is 2.37. The number of hydrogen-bond acceptors (Lipinski definition) is 9. The summed E-state index contributed by atoms with van der Waals surface area (Å²) in [6.45, 7) is 2.39. The Morgan fingerprint density at radius 2 is 1.09 bits per heavy atom. The van der Waals surface area contributed by atoms with E-state index in [1.165, 1.54) is 10.8 Å². The van der Waals surface area contributed by atoms with Gasteiger partial charge in [-0.1, -0.05) is 121 Å². The van der Waals surface area contributed by atoms with E-state index in [1.807, 2.05) is 115 Å². The molecule has 11 heteroatoms. The SMILES string of the molecule is COc1ccc(COC[C@H]2O[C@@H](n3cc(C)c(=O)n(C(=O)c4ccccc4)c3=O)[C@H](OCc3ccccc3)[C@@H](OCc3ccccc3)[C@@H]2OCc2ccccc2)cc1. The van der Waals surface area contributed by atoms with Crippen LogP contribution in [0.1, 0.15) is 44.4 Å². The van der Waals surface area contributed by atoms with Gasteiger partial charge >= 0.3 is 5.69 Å². The van der Waals surface area contributed by atoms with Crippen LogP contribution >= 0.6 is 0 Å². The number of aryl methyl sites for hydroxylation is 1. The third kappa shape index (κ3) is 9.76. The van der Waals surface area contributed by atoms with Gasteiger partial charge in [0.2, 0.25) is 0 Å². The van der Waals surface area contributed by atoms with E-state index in [0.717, 1.165) is 28.0 Å². The molecular weight excluding hydrogens is 737 g/mol. The van der Waals surface area contributed by atoms with Crippen LogP contribution in [0.15, 0.2) is 161 Å². The van der Waals surface area contributed by atoms with Crippen LogP contribution in [0, 0.1) is 6.92 Å². The number of aromatic nitrogens is 2. The van der Waals surface area contributed by atoms with Gasteiger partial charge in [-0.15, -0.1) is 0 Å². The molecule has 1 aliphatic rings. The first-order chi connectivity index (χ1) is 28.4. The molecule has 0 bridgehead atoms. The average molecular weight is 783 g/mol. The fourth-order valence-electron chi connectivity index (χ4n) is 6.91. The number of carbonyl (C=O) groups excluding carboxylic acids is 1. The Bertz CT molecular complexity index is 2330. The van der Waals surface area contributed by atoms with Gasteiger partial charge in [0.05, 0.1) is 40.1 Å². The molecule has 0 saturated carbocycles. The van der Waals surface area contributed by atoms with Gasteiger partial charge < -0.3 is 28.4 Å². The van der Waals surface area contributed by atoms with Gasteiger partial charge in [0.25, 0.3) is 11.5 Å². The minimum atomic E-state index is -1.20. The maximum absolute atomic E-state index is 14.6. The first kappa shape index (κ1) is 40.3. The molecule has 0 spiro atoms. The minimum Gasteiger partial charge on any atom is -0.497 e. The summed E-state index contributed by atoms with van der Waals surface area (Å²) < 4.78 is 40.8. The predicted octanol–water partition coefficient (Wildman–Crippen LogP) is 6.89. The van der Waals surface area contributed by atoms with Crippen molar-refractivity contribution in [1.29, 1.82) is 0 Å². The van der Waals surface area contributed by atoms with Crippen molar-refractivity contribution in [3.8, 4) is 5.75 Å². The highest BCUT2D eigenvalue weighted by atomic mass is 16.6. The number of hydrogen-bond donors (Lipinski definition) is 0. The summed E-state index contributed by atoms with van der Waals surface area (Å²) in [6, 6.07) is 44.9. The minimum absolute atomic E-state index is 0.0366. The lowest BCUT2D eigenvalue weighted by molar-refractivity contribution is -0.291. The van der Waals surface area contributed by atoms with Gasteiger partial charge in [-0.2, -0.15) is 4.57 Å². The molecule has 5 aromatic carbocycles. The lowest BCUT2D eigenvalue weighted by Crippen LogP contribution is -2.61. The molecule has 58 heavy (non-hydrogen) atoms. The third-order valence-electron chi connectivity index (χ3n) is 9.96. The zero-order chi connectivity index (χ0) is 40.3. The molecule has 6 aromatic rings. The lowest BCUT2D eigenvalue weighted by Gasteiger charge is -2.46. The van der Waals surface area contributed by atoms with Crippen molar-refractivity contribution < 1.29 is 33.2 Å². The molecule has 1 aromatic heterocycles. The molecule has 0 radical (unpaired) electrons. The second-order valence-corrected chi connectivity index (χ2v) is 14.0. The van der Waals surface area contributed by atoms with Gasteiger partial charge in [0.15, 0.2) is 6.23 Å². The molecule has 298 valence electrons. The normalized spacial score (nSPS) is 19.1. The van der Waals surface area contributed by atoms with Crippen LogP contribution < -0.4 is 16.0 Å². The Morgan fingerprint density at radius 1 is 0.603 bits per heavy atom. The zero-order valence-corrected chi connectivity index (χ0v) is 32.4. The molecule has 1 fully saturated rings. The van der Waals surface area contributed by atoms with Gasteiger partial charge in [-0.05, 0) is 53.4 Å². The average Bonchev–Trinajstić information content (AvgIpc) is 3.27. The molecule has 0 amide bonds. The summed E-state index contributed by atoms with van der Waals surface area (Å²) in [5.74, 6) is -0.0321. The monoisotopic (exact) mass is 782 g/mol. The second kappa shape index (κ2) is 19.5. The maximum Gasteiger partial charge on any atom is 0.340 e. The number of rotatable bonds is 16. The molecule has 0 aliphatic carbocycles. The molecule has 5 atom stereocenters. The number of benzene rings is 5. The topological polar surface area (TPSA) is 116 Å². The summed E-state index contributed by atoms with van der Waals surface area (Å²) >= 11 is 0. The van der Waals surface area contributed by atoms with Gasteiger partial charge in [-0.25, -0.2) is 4.79 Å².